The summed E-state index contributed by atoms with van der Waals surface area (Å²) < 4.78 is 14.4. The van der Waals surface area contributed by atoms with E-state index < -0.39 is 11.9 Å². The first-order valence-corrected chi connectivity index (χ1v) is 14.4. The molecule has 5 aromatic rings. The van der Waals surface area contributed by atoms with Crippen LogP contribution in [-0.4, -0.2) is 50.9 Å². The van der Waals surface area contributed by atoms with Crippen molar-refractivity contribution in [1.29, 1.82) is 0 Å². The van der Waals surface area contributed by atoms with Gasteiger partial charge in [0.05, 0.1) is 23.1 Å². The molecule has 9 heteroatoms. The Labute approximate surface area is 247 Å². The highest BCUT2D eigenvalue weighted by Gasteiger charge is 2.39. The average Bonchev–Trinajstić information content (AvgIpc) is 3.66. The molecule has 2 aliphatic heterocycles. The second-order valence-corrected chi connectivity index (χ2v) is 12.0. The molecule has 0 saturated carbocycles. The summed E-state index contributed by atoms with van der Waals surface area (Å²) in [5, 5.41) is 10.7. The zero-order valence-corrected chi connectivity index (χ0v) is 24.1. The van der Waals surface area contributed by atoms with Crippen molar-refractivity contribution in [1.82, 2.24) is 19.8 Å². The summed E-state index contributed by atoms with van der Waals surface area (Å²) in [6.45, 7) is 2.61. The lowest BCUT2D eigenvalue weighted by Gasteiger charge is -2.29. The summed E-state index contributed by atoms with van der Waals surface area (Å²) in [7, 11) is 2.18. The molecule has 0 bridgehead atoms. The van der Waals surface area contributed by atoms with Crippen LogP contribution in [0.2, 0.25) is 0 Å². The number of aromatic nitrogens is 2. The van der Waals surface area contributed by atoms with Gasteiger partial charge in [-0.3, -0.25) is 4.79 Å². The summed E-state index contributed by atoms with van der Waals surface area (Å²) >= 11 is 1.61. The number of amides is 1. The van der Waals surface area contributed by atoms with Gasteiger partial charge in [-0.05, 0) is 86.4 Å². The number of nitrogens with zero attached hydrogens (tertiary/aromatic N) is 3. The molecule has 1 amide bonds. The molecule has 3 aromatic carbocycles. The van der Waals surface area contributed by atoms with Gasteiger partial charge in [-0.25, -0.2) is 9.37 Å². The van der Waals surface area contributed by atoms with E-state index in [1.165, 1.54) is 36.6 Å². The summed E-state index contributed by atoms with van der Waals surface area (Å²) in [6, 6.07) is 21.4. The average molecular weight is 589 g/mol. The van der Waals surface area contributed by atoms with Crippen LogP contribution in [0.1, 0.15) is 57.0 Å². The number of carbonyl (C=O) groups is 1. The summed E-state index contributed by atoms with van der Waals surface area (Å²) in [5.41, 5.74) is 4.99. The fourth-order valence-corrected chi connectivity index (χ4v) is 7.19. The third-order valence-electron chi connectivity index (χ3n) is 8.26. The van der Waals surface area contributed by atoms with Gasteiger partial charge >= 0.3 is 0 Å². The molecule has 1 unspecified atom stereocenters. The van der Waals surface area contributed by atoms with Crippen LogP contribution in [0.4, 0.5) is 4.39 Å². The summed E-state index contributed by atoms with van der Waals surface area (Å²) in [5.74, 6) is 0.356. The van der Waals surface area contributed by atoms with Gasteiger partial charge in [-0.15, -0.1) is 23.7 Å². The van der Waals surface area contributed by atoms with E-state index in [4.69, 9.17) is 4.98 Å². The third-order valence-corrected chi connectivity index (χ3v) is 9.43. The maximum absolute atomic E-state index is 14.4. The van der Waals surface area contributed by atoms with Crippen LogP contribution >= 0.6 is 23.7 Å². The minimum atomic E-state index is -0.771. The van der Waals surface area contributed by atoms with Crippen LogP contribution in [-0.2, 0) is 6.54 Å². The number of fused-ring (bicyclic) bond motifs is 2. The summed E-state index contributed by atoms with van der Waals surface area (Å²) in [6.07, 6.45) is 2.36. The molecule has 6 nitrogen and oxygen atoms in total. The van der Waals surface area contributed by atoms with Crippen LogP contribution in [0.3, 0.4) is 0 Å². The molecular weight excluding hydrogens is 559 g/mol. The third kappa shape index (κ3) is 5.01. The highest BCUT2D eigenvalue weighted by molar-refractivity contribution is 7.16. The topological polar surface area (TPSA) is 72.5 Å². The molecule has 2 N–H and O–H groups in total. The number of H-pyrrole nitrogens is 1. The maximum Gasteiger partial charge on any atom is 0.256 e. The minimum absolute atomic E-state index is 0. The molecular formula is C32H30ClFN4O2S. The molecule has 0 spiro atoms. The van der Waals surface area contributed by atoms with E-state index in [2.05, 4.69) is 41.2 Å². The Hall–Kier alpha value is -3.72. The number of rotatable bonds is 5. The Balaban J connectivity index is 0.00000302. The number of thiophene rings is 1. The first kappa shape index (κ1) is 27.4. The smallest absolute Gasteiger partial charge is 0.256 e. The van der Waals surface area contributed by atoms with Crippen molar-refractivity contribution in [2.24, 2.45) is 0 Å². The van der Waals surface area contributed by atoms with Crippen molar-refractivity contribution in [2.45, 2.75) is 31.3 Å². The van der Waals surface area contributed by atoms with Crippen molar-refractivity contribution in [3.05, 3.63) is 106 Å². The second kappa shape index (κ2) is 10.9. The standard InChI is InChI=1S/C32H29FN4O2S.ClH/c1-36-14-12-20(13-15-36)19-6-8-21(9-7-19)28-17-24-29(40-28)18-37(32(24)39)30(23-16-22(33)10-11-27(23)38)31-34-25-4-2-3-5-26(25)35-31;/h2-11,16-17,20,30,38H,12-15,18H2,1H3,(H,34,35);1H. The molecule has 1 atom stereocenters. The number of hydrogen-bond donors (Lipinski definition) is 2. The van der Waals surface area contributed by atoms with E-state index in [1.54, 1.807) is 16.2 Å². The van der Waals surface area contributed by atoms with Gasteiger partial charge in [0.25, 0.3) is 5.91 Å². The van der Waals surface area contributed by atoms with Gasteiger partial charge in [0.1, 0.15) is 23.4 Å². The number of phenols is 1. The fourth-order valence-electron chi connectivity index (χ4n) is 6.03. The number of aromatic amines is 1. The lowest BCUT2D eigenvalue weighted by Crippen LogP contribution is -2.31. The highest BCUT2D eigenvalue weighted by Crippen LogP contribution is 2.43. The van der Waals surface area contributed by atoms with Crippen LogP contribution in [0.25, 0.3) is 21.5 Å². The first-order valence-electron chi connectivity index (χ1n) is 13.6. The van der Waals surface area contributed by atoms with E-state index in [0.717, 1.165) is 39.4 Å². The number of hydrogen-bond acceptors (Lipinski definition) is 5. The first-order chi connectivity index (χ1) is 19.4. The number of likely N-dealkylation sites (tertiary alicyclic amines) is 1. The van der Waals surface area contributed by atoms with E-state index in [1.807, 2.05) is 30.3 Å². The van der Waals surface area contributed by atoms with E-state index in [9.17, 15) is 14.3 Å². The Kier molecular flexibility index (Phi) is 7.32. The maximum atomic E-state index is 14.4. The SMILES string of the molecule is CN1CCC(c2ccc(-c3cc4c(s3)CN(C(c3nc5ccccc5[nH]3)c3cc(F)ccc3O)C4=O)cc2)CC1.Cl. The molecule has 2 aromatic heterocycles. The molecule has 1 saturated heterocycles. The van der Waals surface area contributed by atoms with Crippen LogP contribution in [0.5, 0.6) is 5.75 Å². The number of carbonyl (C=O) groups excluding carboxylic acids is 1. The Morgan fingerprint density at radius 2 is 1.80 bits per heavy atom. The quantitative estimate of drug-likeness (QED) is 0.229. The number of para-hydroxylation sites is 2. The van der Waals surface area contributed by atoms with Crippen LogP contribution in [0.15, 0.2) is 72.8 Å². The van der Waals surface area contributed by atoms with Crippen molar-refractivity contribution >= 4 is 40.7 Å². The molecule has 0 radical (unpaired) electrons. The molecule has 4 heterocycles. The zero-order valence-electron chi connectivity index (χ0n) is 22.5. The number of halogens is 2. The fraction of sp³-hybridized carbons (Fsp3) is 0.250. The molecule has 7 rings (SSSR count). The van der Waals surface area contributed by atoms with E-state index in [-0.39, 0.29) is 24.1 Å². The van der Waals surface area contributed by atoms with Crippen molar-refractivity contribution < 1.29 is 14.3 Å². The Morgan fingerprint density at radius 3 is 2.54 bits per heavy atom. The van der Waals surface area contributed by atoms with Crippen molar-refractivity contribution in [3.63, 3.8) is 0 Å². The number of imidazole rings is 1. The molecule has 41 heavy (non-hydrogen) atoms. The number of benzene rings is 3. The highest BCUT2D eigenvalue weighted by atomic mass is 35.5. The van der Waals surface area contributed by atoms with E-state index >= 15 is 0 Å². The second-order valence-electron chi connectivity index (χ2n) is 10.8. The molecule has 2 aliphatic rings. The van der Waals surface area contributed by atoms with E-state index in [0.29, 0.717) is 29.4 Å². The monoisotopic (exact) mass is 588 g/mol. The predicted molar refractivity (Wildman–Crippen MR) is 162 cm³/mol. The Bertz CT molecular complexity index is 1690. The van der Waals surface area contributed by atoms with Gasteiger partial charge in [-0.1, -0.05) is 36.4 Å². The van der Waals surface area contributed by atoms with Gasteiger partial charge in [0.15, 0.2) is 0 Å². The zero-order chi connectivity index (χ0) is 27.4. The lowest BCUT2D eigenvalue weighted by atomic mass is 9.89. The molecule has 1 fully saturated rings. The van der Waals surface area contributed by atoms with Crippen LogP contribution in [0, 0.1) is 5.82 Å². The Morgan fingerprint density at radius 1 is 1.05 bits per heavy atom. The van der Waals surface area contributed by atoms with Gasteiger partial charge in [0.2, 0.25) is 0 Å². The lowest BCUT2D eigenvalue weighted by molar-refractivity contribution is 0.0724. The van der Waals surface area contributed by atoms with Gasteiger partial charge in [0, 0.05) is 15.3 Å². The molecule has 210 valence electrons. The van der Waals surface area contributed by atoms with Gasteiger partial charge < -0.3 is 19.9 Å². The normalized spacial score (nSPS) is 16.6. The largest absolute Gasteiger partial charge is 0.508 e. The van der Waals surface area contributed by atoms with Crippen molar-refractivity contribution in [2.75, 3.05) is 20.1 Å². The summed E-state index contributed by atoms with van der Waals surface area (Å²) in [4.78, 5) is 27.9. The molecule has 0 aliphatic carbocycles. The van der Waals surface area contributed by atoms with Gasteiger partial charge in [-0.2, -0.15) is 0 Å². The number of phenolic OH excluding ortho intramolecular Hbond substituents is 1. The minimum Gasteiger partial charge on any atom is -0.508 e. The predicted octanol–water partition coefficient (Wildman–Crippen LogP) is 7.11. The van der Waals surface area contributed by atoms with Crippen molar-refractivity contribution in [3.8, 4) is 16.2 Å². The number of aromatic hydroxyl groups is 1. The number of piperidine rings is 1. The number of nitrogens with one attached hydrogen (secondary N) is 1. The van der Waals surface area contributed by atoms with Crippen LogP contribution < -0.4 is 0 Å².